The van der Waals surface area contributed by atoms with E-state index in [-0.39, 0.29) is 0 Å². The molecule has 0 radical (unpaired) electrons. The topological polar surface area (TPSA) is 40.5 Å². The van der Waals surface area contributed by atoms with Crippen LogP contribution in [0.15, 0.2) is 18.2 Å². The van der Waals surface area contributed by atoms with Crippen molar-refractivity contribution in [3.63, 3.8) is 0 Å². The highest BCUT2D eigenvalue weighted by atomic mass is 16.4. The molecule has 3 heteroatoms. The van der Waals surface area contributed by atoms with Gasteiger partial charge in [0.1, 0.15) is 0 Å². The molecule has 0 saturated carbocycles. The average Bonchev–Trinajstić information content (AvgIpc) is 2.37. The summed E-state index contributed by atoms with van der Waals surface area (Å²) in [5.74, 6) is -0.0749. The van der Waals surface area contributed by atoms with E-state index in [2.05, 4.69) is 13.8 Å². The molecule has 1 rings (SSSR count). The fraction of sp³-hybridized carbons (Fsp3) is 0.588. The minimum absolute atomic E-state index is 0.444. The van der Waals surface area contributed by atoms with Gasteiger partial charge in [0.25, 0.3) is 0 Å². The first kappa shape index (κ1) is 16.5. The number of aryl methyl sites for hydroxylation is 1. The zero-order valence-electron chi connectivity index (χ0n) is 13.1. The number of hydrogen-bond acceptors (Lipinski definition) is 2. The third-order valence-electron chi connectivity index (χ3n) is 3.56. The maximum atomic E-state index is 11.3. The number of aromatic carboxylic acids is 1. The van der Waals surface area contributed by atoms with Crippen LogP contribution in [0, 0.1) is 5.92 Å². The number of carbonyl (C=O) groups is 1. The van der Waals surface area contributed by atoms with Gasteiger partial charge in [0.05, 0.1) is 5.56 Å². The molecule has 1 aromatic carbocycles. The quantitative estimate of drug-likeness (QED) is 0.724. The van der Waals surface area contributed by atoms with Crippen molar-refractivity contribution in [1.82, 2.24) is 0 Å². The van der Waals surface area contributed by atoms with Gasteiger partial charge in [-0.25, -0.2) is 4.79 Å². The van der Waals surface area contributed by atoms with Gasteiger partial charge in [-0.05, 0) is 42.5 Å². The summed E-state index contributed by atoms with van der Waals surface area (Å²) in [5, 5.41) is 9.26. The van der Waals surface area contributed by atoms with Gasteiger partial charge < -0.3 is 10.0 Å². The second-order valence-electron chi connectivity index (χ2n) is 6.03. The van der Waals surface area contributed by atoms with Crippen LogP contribution in [-0.2, 0) is 6.42 Å². The summed E-state index contributed by atoms with van der Waals surface area (Å²) in [7, 11) is 3.95. The van der Waals surface area contributed by atoms with Gasteiger partial charge >= 0.3 is 5.97 Å². The van der Waals surface area contributed by atoms with E-state index in [4.69, 9.17) is 0 Å². The standard InChI is InChI=1S/C17H27NO2/c1-13(2)8-6-5-7-9-14-12-15(18(3)4)10-11-16(14)17(19)20/h10-13H,5-9H2,1-4H3,(H,19,20). The number of carboxylic acids is 1. The maximum Gasteiger partial charge on any atom is 0.335 e. The molecule has 0 spiro atoms. The van der Waals surface area contributed by atoms with Crippen LogP contribution < -0.4 is 4.90 Å². The van der Waals surface area contributed by atoms with Crippen molar-refractivity contribution in [3.8, 4) is 0 Å². The summed E-state index contributed by atoms with van der Waals surface area (Å²) in [5.41, 5.74) is 2.46. The summed E-state index contributed by atoms with van der Waals surface area (Å²) in [6, 6.07) is 5.60. The maximum absolute atomic E-state index is 11.3. The number of benzene rings is 1. The summed E-state index contributed by atoms with van der Waals surface area (Å²) in [6.45, 7) is 4.48. The molecule has 0 aliphatic heterocycles. The SMILES string of the molecule is CC(C)CCCCCc1cc(N(C)C)ccc1C(=O)O. The molecule has 0 unspecified atom stereocenters. The fourth-order valence-electron chi connectivity index (χ4n) is 2.32. The summed E-state index contributed by atoms with van der Waals surface area (Å²) in [6.07, 6.45) is 5.56. The smallest absolute Gasteiger partial charge is 0.335 e. The highest BCUT2D eigenvalue weighted by molar-refractivity contribution is 5.90. The van der Waals surface area contributed by atoms with Gasteiger partial charge in [0, 0.05) is 19.8 Å². The lowest BCUT2D eigenvalue weighted by atomic mass is 9.98. The number of hydrogen-bond donors (Lipinski definition) is 1. The molecular formula is C17H27NO2. The summed E-state index contributed by atoms with van der Waals surface area (Å²) < 4.78 is 0. The molecule has 3 nitrogen and oxygen atoms in total. The highest BCUT2D eigenvalue weighted by Gasteiger charge is 2.11. The Balaban J connectivity index is 2.66. The van der Waals surface area contributed by atoms with E-state index >= 15 is 0 Å². The van der Waals surface area contributed by atoms with E-state index in [1.165, 1.54) is 19.3 Å². The van der Waals surface area contributed by atoms with Crippen LogP contribution >= 0.6 is 0 Å². The van der Waals surface area contributed by atoms with Crippen molar-refractivity contribution in [1.29, 1.82) is 0 Å². The first-order chi connectivity index (χ1) is 9.41. The van der Waals surface area contributed by atoms with Crippen molar-refractivity contribution < 1.29 is 9.90 Å². The molecule has 0 bridgehead atoms. The van der Waals surface area contributed by atoms with E-state index < -0.39 is 5.97 Å². The zero-order valence-corrected chi connectivity index (χ0v) is 13.1. The molecule has 0 fully saturated rings. The second-order valence-corrected chi connectivity index (χ2v) is 6.03. The van der Waals surface area contributed by atoms with Crippen molar-refractivity contribution in [2.24, 2.45) is 5.92 Å². The Bertz CT molecular complexity index is 439. The van der Waals surface area contributed by atoms with Gasteiger partial charge in [-0.1, -0.05) is 33.1 Å². The lowest BCUT2D eigenvalue weighted by Gasteiger charge is -2.15. The number of anilines is 1. The van der Waals surface area contributed by atoms with Crippen LogP contribution in [0.2, 0.25) is 0 Å². The lowest BCUT2D eigenvalue weighted by Crippen LogP contribution is -2.11. The van der Waals surface area contributed by atoms with Crippen molar-refractivity contribution in [2.75, 3.05) is 19.0 Å². The Morgan fingerprint density at radius 3 is 2.45 bits per heavy atom. The fourth-order valence-corrected chi connectivity index (χ4v) is 2.32. The second kappa shape index (κ2) is 7.93. The van der Waals surface area contributed by atoms with Crippen LogP contribution in [0.4, 0.5) is 5.69 Å². The van der Waals surface area contributed by atoms with Crippen LogP contribution in [-0.4, -0.2) is 25.2 Å². The summed E-state index contributed by atoms with van der Waals surface area (Å²) in [4.78, 5) is 13.3. The van der Waals surface area contributed by atoms with E-state index in [1.54, 1.807) is 6.07 Å². The van der Waals surface area contributed by atoms with E-state index in [9.17, 15) is 9.90 Å². The number of rotatable bonds is 8. The first-order valence-electron chi connectivity index (χ1n) is 7.45. The Labute approximate surface area is 122 Å². The summed E-state index contributed by atoms with van der Waals surface area (Å²) >= 11 is 0. The molecule has 0 aliphatic rings. The van der Waals surface area contributed by atoms with E-state index in [0.717, 1.165) is 30.0 Å². The number of unbranched alkanes of at least 4 members (excludes halogenated alkanes) is 2. The third kappa shape index (κ3) is 5.24. The predicted molar refractivity (Wildman–Crippen MR) is 84.7 cm³/mol. The van der Waals surface area contributed by atoms with Gasteiger partial charge in [-0.2, -0.15) is 0 Å². The molecule has 0 amide bonds. The molecule has 0 heterocycles. The van der Waals surface area contributed by atoms with Gasteiger partial charge in [-0.15, -0.1) is 0 Å². The zero-order chi connectivity index (χ0) is 15.1. The molecule has 1 N–H and O–H groups in total. The Morgan fingerprint density at radius 1 is 1.20 bits per heavy atom. The lowest BCUT2D eigenvalue weighted by molar-refractivity contribution is 0.0695. The van der Waals surface area contributed by atoms with Crippen molar-refractivity contribution in [2.45, 2.75) is 46.0 Å². The van der Waals surface area contributed by atoms with Gasteiger partial charge in [-0.3, -0.25) is 0 Å². The highest BCUT2D eigenvalue weighted by Crippen LogP contribution is 2.21. The van der Waals surface area contributed by atoms with Crippen LogP contribution in [0.3, 0.4) is 0 Å². The molecule has 1 aromatic rings. The monoisotopic (exact) mass is 277 g/mol. The number of carboxylic acid groups (broad SMARTS) is 1. The minimum atomic E-state index is -0.826. The van der Waals surface area contributed by atoms with Crippen LogP contribution in [0.1, 0.15) is 55.5 Å². The minimum Gasteiger partial charge on any atom is -0.478 e. The molecular weight excluding hydrogens is 250 g/mol. The van der Waals surface area contributed by atoms with Gasteiger partial charge in [0.2, 0.25) is 0 Å². The van der Waals surface area contributed by atoms with Crippen LogP contribution in [0.5, 0.6) is 0 Å². The van der Waals surface area contributed by atoms with E-state index in [0.29, 0.717) is 5.56 Å². The van der Waals surface area contributed by atoms with Gasteiger partial charge in [0.15, 0.2) is 0 Å². The molecule has 0 aromatic heterocycles. The Kier molecular flexibility index (Phi) is 6.56. The number of nitrogens with zero attached hydrogens (tertiary/aromatic N) is 1. The molecule has 0 saturated heterocycles. The molecule has 0 atom stereocenters. The van der Waals surface area contributed by atoms with Crippen molar-refractivity contribution >= 4 is 11.7 Å². The predicted octanol–water partition coefficient (Wildman–Crippen LogP) is 4.21. The first-order valence-corrected chi connectivity index (χ1v) is 7.45. The molecule has 20 heavy (non-hydrogen) atoms. The van der Waals surface area contributed by atoms with Crippen LogP contribution in [0.25, 0.3) is 0 Å². The Morgan fingerprint density at radius 2 is 1.90 bits per heavy atom. The molecule has 112 valence electrons. The Hall–Kier alpha value is -1.51. The molecule has 0 aliphatic carbocycles. The van der Waals surface area contributed by atoms with Crippen molar-refractivity contribution in [3.05, 3.63) is 29.3 Å². The largest absolute Gasteiger partial charge is 0.478 e. The average molecular weight is 277 g/mol. The van der Waals surface area contributed by atoms with E-state index in [1.807, 2.05) is 31.1 Å². The third-order valence-corrected chi connectivity index (χ3v) is 3.56. The normalized spacial score (nSPS) is 10.8.